The first-order chi connectivity index (χ1) is 20.4. The molecule has 2 aliphatic heterocycles. The smallest absolute Gasteiger partial charge is 0.265 e. The summed E-state index contributed by atoms with van der Waals surface area (Å²) in [7, 11) is 0. The molecule has 0 N–H and O–H groups in total. The molecule has 212 valence electrons. The number of halogens is 1. The average Bonchev–Trinajstić information content (AvgIpc) is 3.01. The van der Waals surface area contributed by atoms with Gasteiger partial charge in [-0.1, -0.05) is 59.8 Å². The minimum absolute atomic E-state index is 0.00953. The SMILES string of the molecule is Cc1ccc(C)c(CN2C(=O)C(=Cc3ccc(C(=O)N4CCN(c5ccc(F)cc5)CC4)cc3)Sc3ccccc32)c1. The summed E-state index contributed by atoms with van der Waals surface area (Å²) in [6.07, 6.45) is 1.91. The number of hydrogen-bond donors (Lipinski definition) is 0. The molecular weight excluding hydrogens is 545 g/mol. The number of para-hydroxylation sites is 1. The zero-order chi connectivity index (χ0) is 29.2. The standard InChI is InChI=1S/C35H32FN3O2S/c1-24-7-8-25(2)28(21-24)23-39-31-5-3-4-6-32(31)42-33(35(39)41)22-26-9-11-27(12-10-26)34(40)38-19-17-37(18-20-38)30-15-13-29(36)14-16-30/h3-16,21-22H,17-20,23H2,1-2H3. The zero-order valence-corrected chi connectivity index (χ0v) is 24.5. The first-order valence-corrected chi connectivity index (χ1v) is 14.9. The van der Waals surface area contributed by atoms with Gasteiger partial charge in [-0.05, 0) is 85.1 Å². The molecule has 0 bridgehead atoms. The van der Waals surface area contributed by atoms with E-state index in [0.717, 1.165) is 33.0 Å². The fourth-order valence-electron chi connectivity index (χ4n) is 5.44. The highest BCUT2D eigenvalue weighted by Crippen LogP contribution is 2.42. The van der Waals surface area contributed by atoms with E-state index >= 15 is 0 Å². The molecule has 0 aliphatic carbocycles. The number of piperazine rings is 1. The molecule has 7 heteroatoms. The van der Waals surface area contributed by atoms with E-state index in [4.69, 9.17) is 0 Å². The quantitative estimate of drug-likeness (QED) is 0.238. The molecule has 0 saturated carbocycles. The van der Waals surface area contributed by atoms with E-state index in [1.54, 1.807) is 12.1 Å². The molecule has 2 heterocycles. The van der Waals surface area contributed by atoms with Crippen LogP contribution < -0.4 is 9.80 Å². The minimum atomic E-state index is -0.252. The molecular formula is C35H32FN3O2S. The van der Waals surface area contributed by atoms with Crippen LogP contribution in [0.5, 0.6) is 0 Å². The van der Waals surface area contributed by atoms with Gasteiger partial charge in [-0.25, -0.2) is 4.39 Å². The van der Waals surface area contributed by atoms with Crippen LogP contribution in [0.3, 0.4) is 0 Å². The lowest BCUT2D eigenvalue weighted by Gasteiger charge is -2.36. The van der Waals surface area contributed by atoms with Crippen molar-refractivity contribution in [2.24, 2.45) is 0 Å². The Bertz CT molecular complexity index is 1660. The molecule has 4 aromatic carbocycles. The summed E-state index contributed by atoms with van der Waals surface area (Å²) in [6, 6.07) is 28.3. The van der Waals surface area contributed by atoms with Crippen molar-refractivity contribution < 1.29 is 14.0 Å². The number of benzene rings is 4. The maximum atomic E-state index is 13.8. The number of fused-ring (bicyclic) bond motifs is 1. The fourth-order valence-corrected chi connectivity index (χ4v) is 6.49. The van der Waals surface area contributed by atoms with Crippen LogP contribution in [0, 0.1) is 19.7 Å². The normalized spacial score (nSPS) is 16.1. The monoisotopic (exact) mass is 577 g/mol. The number of carbonyl (C=O) groups is 2. The fraction of sp³-hybridized carbons (Fsp3) is 0.200. The molecule has 4 aromatic rings. The van der Waals surface area contributed by atoms with Crippen LogP contribution in [0.4, 0.5) is 15.8 Å². The van der Waals surface area contributed by atoms with E-state index in [2.05, 4.69) is 36.9 Å². The molecule has 0 aromatic heterocycles. The summed E-state index contributed by atoms with van der Waals surface area (Å²) < 4.78 is 13.3. The van der Waals surface area contributed by atoms with Crippen LogP contribution in [0.15, 0.2) is 101 Å². The predicted molar refractivity (Wildman–Crippen MR) is 168 cm³/mol. The van der Waals surface area contributed by atoms with Crippen molar-refractivity contribution in [2.75, 3.05) is 36.0 Å². The summed E-state index contributed by atoms with van der Waals surface area (Å²) in [5.41, 5.74) is 6.84. The molecule has 0 unspecified atom stereocenters. The van der Waals surface area contributed by atoms with Crippen molar-refractivity contribution in [1.82, 2.24) is 4.90 Å². The number of nitrogens with zero attached hydrogens (tertiary/aromatic N) is 3. The second-order valence-electron chi connectivity index (χ2n) is 10.8. The molecule has 5 nitrogen and oxygen atoms in total. The second kappa shape index (κ2) is 11.9. The van der Waals surface area contributed by atoms with Crippen LogP contribution in [-0.4, -0.2) is 42.9 Å². The molecule has 1 fully saturated rings. The number of aryl methyl sites for hydroxylation is 2. The Hall–Kier alpha value is -4.36. The van der Waals surface area contributed by atoms with Crippen molar-refractivity contribution >= 4 is 41.0 Å². The van der Waals surface area contributed by atoms with E-state index in [1.165, 1.54) is 29.5 Å². The van der Waals surface area contributed by atoms with Crippen molar-refractivity contribution in [3.8, 4) is 0 Å². The minimum Gasteiger partial charge on any atom is -0.368 e. The largest absolute Gasteiger partial charge is 0.368 e. The lowest BCUT2D eigenvalue weighted by atomic mass is 10.0. The third-order valence-corrected chi connectivity index (χ3v) is 8.96. The van der Waals surface area contributed by atoms with E-state index in [0.29, 0.717) is 43.2 Å². The first kappa shape index (κ1) is 27.8. The summed E-state index contributed by atoms with van der Waals surface area (Å²) in [6.45, 7) is 7.24. The number of thioether (sulfide) groups is 1. The van der Waals surface area contributed by atoms with E-state index < -0.39 is 0 Å². The van der Waals surface area contributed by atoms with Gasteiger partial charge in [-0.15, -0.1) is 0 Å². The number of rotatable bonds is 5. The molecule has 0 spiro atoms. The zero-order valence-electron chi connectivity index (χ0n) is 23.7. The highest BCUT2D eigenvalue weighted by molar-refractivity contribution is 8.04. The maximum Gasteiger partial charge on any atom is 0.265 e. The highest BCUT2D eigenvalue weighted by atomic mass is 32.2. The van der Waals surface area contributed by atoms with Gasteiger partial charge in [0, 0.05) is 42.3 Å². The highest BCUT2D eigenvalue weighted by Gasteiger charge is 2.29. The second-order valence-corrected chi connectivity index (χ2v) is 11.9. The van der Waals surface area contributed by atoms with Gasteiger partial charge in [0.1, 0.15) is 5.82 Å². The average molecular weight is 578 g/mol. The Morgan fingerprint density at radius 2 is 1.60 bits per heavy atom. The predicted octanol–water partition coefficient (Wildman–Crippen LogP) is 7.08. The summed E-state index contributed by atoms with van der Waals surface area (Å²) in [5.74, 6) is -0.291. The van der Waals surface area contributed by atoms with E-state index in [9.17, 15) is 14.0 Å². The number of amides is 2. The number of hydrogen-bond acceptors (Lipinski definition) is 4. The molecule has 1 saturated heterocycles. The molecule has 6 rings (SSSR count). The van der Waals surface area contributed by atoms with Crippen LogP contribution in [0.1, 0.15) is 32.6 Å². The first-order valence-electron chi connectivity index (χ1n) is 14.1. The Labute approximate surface area is 250 Å². The Morgan fingerprint density at radius 3 is 2.33 bits per heavy atom. The lowest BCUT2D eigenvalue weighted by molar-refractivity contribution is -0.114. The van der Waals surface area contributed by atoms with E-state index in [-0.39, 0.29) is 17.6 Å². The van der Waals surface area contributed by atoms with Gasteiger partial charge in [0.15, 0.2) is 0 Å². The topological polar surface area (TPSA) is 43.9 Å². The maximum absolute atomic E-state index is 13.8. The molecule has 42 heavy (non-hydrogen) atoms. The lowest BCUT2D eigenvalue weighted by Crippen LogP contribution is -2.48. The van der Waals surface area contributed by atoms with Crippen molar-refractivity contribution in [1.29, 1.82) is 0 Å². The van der Waals surface area contributed by atoms with Gasteiger partial charge in [-0.2, -0.15) is 0 Å². The molecule has 2 aliphatic rings. The summed E-state index contributed by atoms with van der Waals surface area (Å²) in [4.78, 5) is 34.6. The van der Waals surface area contributed by atoms with Gasteiger partial charge < -0.3 is 14.7 Å². The molecule has 0 radical (unpaired) electrons. The van der Waals surface area contributed by atoms with Gasteiger partial charge in [0.05, 0.1) is 17.1 Å². The van der Waals surface area contributed by atoms with Gasteiger partial charge in [0.25, 0.3) is 11.8 Å². The van der Waals surface area contributed by atoms with Crippen molar-refractivity contribution in [3.63, 3.8) is 0 Å². The van der Waals surface area contributed by atoms with E-state index in [1.807, 2.05) is 64.4 Å². The Kier molecular flexibility index (Phi) is 7.85. The summed E-state index contributed by atoms with van der Waals surface area (Å²) >= 11 is 1.48. The van der Waals surface area contributed by atoms with Crippen LogP contribution in [-0.2, 0) is 11.3 Å². The Morgan fingerprint density at radius 1 is 0.881 bits per heavy atom. The van der Waals surface area contributed by atoms with Crippen LogP contribution in [0.2, 0.25) is 0 Å². The summed E-state index contributed by atoms with van der Waals surface area (Å²) in [5, 5.41) is 0. The third-order valence-electron chi connectivity index (χ3n) is 7.88. The van der Waals surface area contributed by atoms with Crippen LogP contribution >= 0.6 is 11.8 Å². The van der Waals surface area contributed by atoms with Gasteiger partial charge in [-0.3, -0.25) is 9.59 Å². The van der Waals surface area contributed by atoms with Gasteiger partial charge >= 0.3 is 0 Å². The van der Waals surface area contributed by atoms with Crippen LogP contribution in [0.25, 0.3) is 6.08 Å². The van der Waals surface area contributed by atoms with Gasteiger partial charge in [0.2, 0.25) is 0 Å². The molecule has 2 amide bonds. The Balaban J connectivity index is 1.16. The van der Waals surface area contributed by atoms with Crippen molar-refractivity contribution in [3.05, 3.63) is 130 Å². The van der Waals surface area contributed by atoms with Crippen molar-refractivity contribution in [2.45, 2.75) is 25.3 Å². The number of anilines is 2. The third kappa shape index (κ3) is 5.83. The molecule has 0 atom stereocenters. The number of carbonyl (C=O) groups excluding carboxylic acids is 2.